The van der Waals surface area contributed by atoms with Gasteiger partial charge in [0.2, 0.25) is 0 Å². The Morgan fingerprint density at radius 2 is 2.04 bits per heavy atom. The summed E-state index contributed by atoms with van der Waals surface area (Å²) in [5.74, 6) is -0.0972. The third kappa shape index (κ3) is 5.29. The zero-order chi connectivity index (χ0) is 16.7. The molecule has 1 aromatic carbocycles. The van der Waals surface area contributed by atoms with Crippen molar-refractivity contribution in [3.05, 3.63) is 29.8 Å². The van der Waals surface area contributed by atoms with E-state index in [1.165, 1.54) is 6.42 Å². The van der Waals surface area contributed by atoms with Crippen LogP contribution in [0.25, 0.3) is 0 Å². The first kappa shape index (κ1) is 16.8. The quantitative estimate of drug-likeness (QED) is 0.893. The van der Waals surface area contributed by atoms with Gasteiger partial charge in [-0.1, -0.05) is 25.3 Å². The zero-order valence-corrected chi connectivity index (χ0v) is 13.2. The van der Waals surface area contributed by atoms with Gasteiger partial charge < -0.3 is 10.1 Å². The van der Waals surface area contributed by atoms with Gasteiger partial charge in [-0.3, -0.25) is 10.1 Å². The van der Waals surface area contributed by atoms with Gasteiger partial charge in [-0.2, -0.15) is 5.26 Å². The molecule has 0 aromatic heterocycles. The Balaban J connectivity index is 1.81. The molecule has 2 rings (SSSR count). The van der Waals surface area contributed by atoms with Gasteiger partial charge in [-0.15, -0.1) is 0 Å². The minimum atomic E-state index is -0.832. The molecule has 2 N–H and O–H groups in total. The highest BCUT2D eigenvalue weighted by Gasteiger charge is 2.20. The van der Waals surface area contributed by atoms with Crippen LogP contribution in [-0.4, -0.2) is 24.1 Å². The average Bonchev–Trinajstić information content (AvgIpc) is 2.55. The van der Waals surface area contributed by atoms with E-state index in [1.807, 2.05) is 6.07 Å². The minimum absolute atomic E-state index is 0.139. The van der Waals surface area contributed by atoms with Crippen molar-refractivity contribution in [2.75, 3.05) is 0 Å². The summed E-state index contributed by atoms with van der Waals surface area (Å²) >= 11 is 0. The molecule has 0 unspecified atom stereocenters. The maximum Gasteiger partial charge on any atom is 0.321 e. The SMILES string of the molecule is C[C@@H](Oc1cccc(C#N)c1)C(=O)NC(=O)NC1CCCCC1. The van der Waals surface area contributed by atoms with Crippen molar-refractivity contribution in [3.63, 3.8) is 0 Å². The fraction of sp³-hybridized carbons (Fsp3) is 0.471. The van der Waals surface area contributed by atoms with Crippen molar-refractivity contribution in [2.45, 2.75) is 51.2 Å². The molecule has 1 fully saturated rings. The van der Waals surface area contributed by atoms with Crippen LogP contribution < -0.4 is 15.4 Å². The molecular weight excluding hydrogens is 294 g/mol. The van der Waals surface area contributed by atoms with Crippen LogP contribution in [0.4, 0.5) is 4.79 Å². The van der Waals surface area contributed by atoms with Crippen LogP contribution in [0, 0.1) is 11.3 Å². The standard InChI is InChI=1S/C17H21N3O3/c1-12(23-15-9-5-6-13(10-15)11-18)16(21)20-17(22)19-14-7-3-2-4-8-14/h5-6,9-10,12,14H,2-4,7-8H2,1H3,(H2,19,20,21,22)/t12-/m1/s1. The number of ether oxygens (including phenoxy) is 1. The summed E-state index contributed by atoms with van der Waals surface area (Å²) in [6.45, 7) is 1.56. The molecule has 122 valence electrons. The summed E-state index contributed by atoms with van der Waals surface area (Å²) in [6.07, 6.45) is 4.48. The first-order chi connectivity index (χ1) is 11.1. The van der Waals surface area contributed by atoms with Crippen LogP contribution >= 0.6 is 0 Å². The Morgan fingerprint density at radius 1 is 1.30 bits per heavy atom. The van der Waals surface area contributed by atoms with Crippen molar-refractivity contribution in [2.24, 2.45) is 0 Å². The number of hydrogen-bond acceptors (Lipinski definition) is 4. The lowest BCUT2D eigenvalue weighted by Gasteiger charge is -2.23. The Kier molecular flexibility index (Phi) is 5.98. The molecule has 0 saturated heterocycles. The Labute approximate surface area is 135 Å². The van der Waals surface area contributed by atoms with Crippen molar-refractivity contribution in [1.29, 1.82) is 5.26 Å². The molecule has 0 aliphatic heterocycles. The van der Waals surface area contributed by atoms with E-state index in [4.69, 9.17) is 10.00 Å². The van der Waals surface area contributed by atoms with Crippen LogP contribution in [0.3, 0.4) is 0 Å². The number of carbonyl (C=O) groups excluding carboxylic acids is 2. The van der Waals surface area contributed by atoms with Crippen molar-refractivity contribution < 1.29 is 14.3 Å². The van der Waals surface area contributed by atoms with Gasteiger partial charge in [-0.25, -0.2) is 4.79 Å². The van der Waals surface area contributed by atoms with E-state index in [1.54, 1.807) is 31.2 Å². The molecule has 0 heterocycles. The maximum atomic E-state index is 12.0. The highest BCUT2D eigenvalue weighted by molar-refractivity contribution is 5.96. The number of imide groups is 1. The monoisotopic (exact) mass is 315 g/mol. The fourth-order valence-corrected chi connectivity index (χ4v) is 2.58. The van der Waals surface area contributed by atoms with Gasteiger partial charge in [0.05, 0.1) is 11.6 Å². The third-order valence-corrected chi connectivity index (χ3v) is 3.82. The molecule has 3 amide bonds. The molecule has 0 bridgehead atoms. The summed E-state index contributed by atoms with van der Waals surface area (Å²) < 4.78 is 5.47. The van der Waals surface area contributed by atoms with Crippen molar-refractivity contribution in [1.82, 2.24) is 10.6 Å². The molecule has 6 nitrogen and oxygen atoms in total. The van der Waals surface area contributed by atoms with E-state index in [9.17, 15) is 9.59 Å². The van der Waals surface area contributed by atoms with Gasteiger partial charge in [0.15, 0.2) is 6.10 Å². The number of benzene rings is 1. The maximum absolute atomic E-state index is 12.0. The number of urea groups is 1. The molecule has 1 saturated carbocycles. The van der Waals surface area contributed by atoms with Gasteiger partial charge in [0.1, 0.15) is 5.75 Å². The second kappa shape index (κ2) is 8.18. The number of nitrogens with one attached hydrogen (secondary N) is 2. The zero-order valence-electron chi connectivity index (χ0n) is 13.2. The largest absolute Gasteiger partial charge is 0.481 e. The Bertz CT molecular complexity index is 603. The smallest absolute Gasteiger partial charge is 0.321 e. The number of nitriles is 1. The minimum Gasteiger partial charge on any atom is -0.481 e. The summed E-state index contributed by atoms with van der Waals surface area (Å²) in [5, 5.41) is 14.0. The fourth-order valence-electron chi connectivity index (χ4n) is 2.58. The molecule has 1 aromatic rings. The summed E-state index contributed by atoms with van der Waals surface area (Å²) in [6, 6.07) is 8.19. The highest BCUT2D eigenvalue weighted by Crippen LogP contribution is 2.17. The predicted octanol–water partition coefficient (Wildman–Crippen LogP) is 2.48. The van der Waals surface area contributed by atoms with E-state index in [0.29, 0.717) is 11.3 Å². The molecule has 0 radical (unpaired) electrons. The lowest BCUT2D eigenvalue weighted by molar-refractivity contribution is -0.126. The van der Waals surface area contributed by atoms with Crippen LogP contribution in [0.5, 0.6) is 5.75 Å². The number of amides is 3. The number of carbonyl (C=O) groups is 2. The van der Waals surface area contributed by atoms with Gasteiger partial charge in [-0.05, 0) is 38.0 Å². The van der Waals surface area contributed by atoms with E-state index < -0.39 is 18.0 Å². The Morgan fingerprint density at radius 3 is 2.74 bits per heavy atom. The predicted molar refractivity (Wildman–Crippen MR) is 84.8 cm³/mol. The van der Waals surface area contributed by atoms with Crippen LogP contribution in [0.2, 0.25) is 0 Å². The van der Waals surface area contributed by atoms with Crippen molar-refractivity contribution in [3.8, 4) is 11.8 Å². The van der Waals surface area contributed by atoms with Crippen molar-refractivity contribution >= 4 is 11.9 Å². The average molecular weight is 315 g/mol. The second-order valence-corrected chi connectivity index (χ2v) is 5.70. The Hall–Kier alpha value is -2.55. The molecular formula is C17H21N3O3. The molecule has 1 aliphatic rings. The summed E-state index contributed by atoms with van der Waals surface area (Å²) in [4.78, 5) is 23.8. The van der Waals surface area contributed by atoms with E-state index in [0.717, 1.165) is 25.7 Å². The topological polar surface area (TPSA) is 91.2 Å². The number of nitrogens with zero attached hydrogens (tertiary/aromatic N) is 1. The first-order valence-electron chi connectivity index (χ1n) is 7.86. The van der Waals surface area contributed by atoms with Gasteiger partial charge in [0.25, 0.3) is 5.91 Å². The van der Waals surface area contributed by atoms with E-state index in [2.05, 4.69) is 10.6 Å². The molecule has 23 heavy (non-hydrogen) atoms. The van der Waals surface area contributed by atoms with Crippen LogP contribution in [0.1, 0.15) is 44.6 Å². The summed E-state index contributed by atoms with van der Waals surface area (Å²) in [7, 11) is 0. The lowest BCUT2D eigenvalue weighted by atomic mass is 9.96. The number of hydrogen-bond donors (Lipinski definition) is 2. The first-order valence-corrected chi connectivity index (χ1v) is 7.86. The van der Waals surface area contributed by atoms with Gasteiger partial charge in [0, 0.05) is 6.04 Å². The van der Waals surface area contributed by atoms with E-state index >= 15 is 0 Å². The van der Waals surface area contributed by atoms with Gasteiger partial charge >= 0.3 is 6.03 Å². The van der Waals surface area contributed by atoms with E-state index in [-0.39, 0.29) is 6.04 Å². The second-order valence-electron chi connectivity index (χ2n) is 5.70. The molecule has 6 heteroatoms. The van der Waals surface area contributed by atoms with Crippen LogP contribution in [-0.2, 0) is 4.79 Å². The molecule has 0 spiro atoms. The normalized spacial score (nSPS) is 16.0. The molecule has 1 aliphatic carbocycles. The number of rotatable bonds is 4. The molecule has 1 atom stereocenters. The van der Waals surface area contributed by atoms with Crippen LogP contribution in [0.15, 0.2) is 24.3 Å². The summed E-state index contributed by atoms with van der Waals surface area (Å²) in [5.41, 5.74) is 0.449. The lowest BCUT2D eigenvalue weighted by Crippen LogP contribution is -2.48. The highest BCUT2D eigenvalue weighted by atomic mass is 16.5. The third-order valence-electron chi connectivity index (χ3n) is 3.82.